The summed E-state index contributed by atoms with van der Waals surface area (Å²) in [5.41, 5.74) is 1.04. The molecule has 1 aromatic carbocycles. The van der Waals surface area contributed by atoms with Crippen molar-refractivity contribution in [2.45, 2.75) is 38.8 Å². The third-order valence-corrected chi connectivity index (χ3v) is 3.21. The Morgan fingerprint density at radius 3 is 2.73 bits per heavy atom. The SMILES string of the molecule is CC1CC(N[C@@H](C)c2cccc(F)c2)C1. The van der Waals surface area contributed by atoms with E-state index in [1.165, 1.54) is 18.9 Å². The van der Waals surface area contributed by atoms with Crippen LogP contribution in [0, 0.1) is 11.7 Å². The molecule has 1 aliphatic rings. The molecule has 0 saturated heterocycles. The molecular formula is C13H18FN. The summed E-state index contributed by atoms with van der Waals surface area (Å²) in [7, 11) is 0. The van der Waals surface area contributed by atoms with Gasteiger partial charge in [0.1, 0.15) is 5.82 Å². The van der Waals surface area contributed by atoms with Gasteiger partial charge in [-0.2, -0.15) is 0 Å². The van der Waals surface area contributed by atoms with Crippen LogP contribution in [0.3, 0.4) is 0 Å². The first-order valence-electron chi connectivity index (χ1n) is 5.66. The number of hydrogen-bond acceptors (Lipinski definition) is 1. The molecular weight excluding hydrogens is 189 g/mol. The first-order chi connectivity index (χ1) is 7.15. The highest BCUT2D eigenvalue weighted by atomic mass is 19.1. The number of benzene rings is 1. The largest absolute Gasteiger partial charge is 0.307 e. The van der Waals surface area contributed by atoms with E-state index < -0.39 is 0 Å². The molecule has 2 rings (SSSR count). The van der Waals surface area contributed by atoms with E-state index in [0.29, 0.717) is 6.04 Å². The fourth-order valence-corrected chi connectivity index (χ4v) is 2.26. The summed E-state index contributed by atoms with van der Waals surface area (Å²) in [5, 5.41) is 3.52. The Labute approximate surface area is 90.7 Å². The lowest BCUT2D eigenvalue weighted by molar-refractivity contribution is 0.226. The molecule has 82 valence electrons. The van der Waals surface area contributed by atoms with E-state index in [1.54, 1.807) is 12.1 Å². The second-order valence-electron chi connectivity index (χ2n) is 4.72. The second kappa shape index (κ2) is 4.31. The van der Waals surface area contributed by atoms with Crippen molar-refractivity contribution in [3.05, 3.63) is 35.6 Å². The molecule has 0 radical (unpaired) electrons. The highest BCUT2D eigenvalue weighted by Crippen LogP contribution is 2.28. The van der Waals surface area contributed by atoms with Gasteiger partial charge in [0.2, 0.25) is 0 Å². The lowest BCUT2D eigenvalue weighted by Crippen LogP contribution is -2.41. The molecule has 0 heterocycles. The van der Waals surface area contributed by atoms with Gasteiger partial charge in [-0.15, -0.1) is 0 Å². The Morgan fingerprint density at radius 2 is 2.13 bits per heavy atom. The van der Waals surface area contributed by atoms with Gasteiger partial charge in [-0.05, 0) is 43.4 Å². The maximum atomic E-state index is 13.0. The summed E-state index contributed by atoms with van der Waals surface area (Å²) in [5.74, 6) is 0.699. The summed E-state index contributed by atoms with van der Waals surface area (Å²) in [6.45, 7) is 4.36. The van der Waals surface area contributed by atoms with Crippen molar-refractivity contribution in [3.8, 4) is 0 Å². The van der Waals surface area contributed by atoms with Gasteiger partial charge in [-0.3, -0.25) is 0 Å². The lowest BCUT2D eigenvalue weighted by Gasteiger charge is -2.35. The van der Waals surface area contributed by atoms with Gasteiger partial charge in [-0.1, -0.05) is 19.1 Å². The Hall–Kier alpha value is -0.890. The molecule has 0 unspecified atom stereocenters. The summed E-state index contributed by atoms with van der Waals surface area (Å²) in [6, 6.07) is 7.72. The van der Waals surface area contributed by atoms with Gasteiger partial charge < -0.3 is 5.32 Å². The molecule has 2 heteroatoms. The number of halogens is 1. The monoisotopic (exact) mass is 207 g/mol. The van der Waals surface area contributed by atoms with E-state index in [2.05, 4.69) is 19.2 Å². The molecule has 1 saturated carbocycles. The van der Waals surface area contributed by atoms with Gasteiger partial charge in [-0.25, -0.2) is 4.39 Å². The summed E-state index contributed by atoms with van der Waals surface area (Å²) >= 11 is 0. The van der Waals surface area contributed by atoms with Crippen molar-refractivity contribution in [2.75, 3.05) is 0 Å². The highest BCUT2D eigenvalue weighted by molar-refractivity contribution is 5.19. The molecule has 0 aromatic heterocycles. The van der Waals surface area contributed by atoms with E-state index in [1.807, 2.05) is 6.07 Å². The molecule has 0 spiro atoms. The summed E-state index contributed by atoms with van der Waals surface area (Å²) < 4.78 is 13.0. The smallest absolute Gasteiger partial charge is 0.123 e. The molecule has 0 bridgehead atoms. The Bertz CT molecular complexity index is 331. The molecule has 1 aromatic rings. The van der Waals surface area contributed by atoms with Crippen molar-refractivity contribution in [1.29, 1.82) is 0 Å². The minimum Gasteiger partial charge on any atom is -0.307 e. The molecule has 1 atom stereocenters. The van der Waals surface area contributed by atoms with Gasteiger partial charge in [0.15, 0.2) is 0 Å². The number of hydrogen-bond donors (Lipinski definition) is 1. The highest BCUT2D eigenvalue weighted by Gasteiger charge is 2.26. The molecule has 1 fully saturated rings. The van der Waals surface area contributed by atoms with E-state index in [9.17, 15) is 4.39 Å². The Morgan fingerprint density at radius 1 is 1.40 bits per heavy atom. The van der Waals surface area contributed by atoms with Crippen molar-refractivity contribution >= 4 is 0 Å². The predicted molar refractivity (Wildman–Crippen MR) is 60.1 cm³/mol. The van der Waals surface area contributed by atoms with Crippen LogP contribution in [0.5, 0.6) is 0 Å². The third kappa shape index (κ3) is 2.57. The van der Waals surface area contributed by atoms with Crippen molar-refractivity contribution in [1.82, 2.24) is 5.32 Å². The Kier molecular flexibility index (Phi) is 3.06. The fourth-order valence-electron chi connectivity index (χ4n) is 2.26. The second-order valence-corrected chi connectivity index (χ2v) is 4.72. The van der Waals surface area contributed by atoms with E-state index >= 15 is 0 Å². The van der Waals surface area contributed by atoms with Crippen LogP contribution in [-0.2, 0) is 0 Å². The van der Waals surface area contributed by atoms with Crippen LogP contribution in [-0.4, -0.2) is 6.04 Å². The average molecular weight is 207 g/mol. The maximum Gasteiger partial charge on any atom is 0.123 e. The normalized spacial score (nSPS) is 27.1. The van der Waals surface area contributed by atoms with Crippen LogP contribution in [0.15, 0.2) is 24.3 Å². The van der Waals surface area contributed by atoms with Crippen molar-refractivity contribution in [3.63, 3.8) is 0 Å². The van der Waals surface area contributed by atoms with E-state index in [-0.39, 0.29) is 11.9 Å². The molecule has 0 aliphatic heterocycles. The first-order valence-corrected chi connectivity index (χ1v) is 5.66. The quantitative estimate of drug-likeness (QED) is 0.802. The molecule has 1 aliphatic carbocycles. The molecule has 1 nitrogen and oxygen atoms in total. The van der Waals surface area contributed by atoms with Gasteiger partial charge in [0, 0.05) is 12.1 Å². The minimum absolute atomic E-state index is 0.150. The van der Waals surface area contributed by atoms with Crippen LogP contribution in [0.4, 0.5) is 4.39 Å². The number of rotatable bonds is 3. The summed E-state index contributed by atoms with van der Waals surface area (Å²) in [4.78, 5) is 0. The van der Waals surface area contributed by atoms with Crippen LogP contribution < -0.4 is 5.32 Å². The zero-order valence-corrected chi connectivity index (χ0v) is 9.33. The van der Waals surface area contributed by atoms with E-state index in [0.717, 1.165) is 11.5 Å². The third-order valence-electron chi connectivity index (χ3n) is 3.21. The molecule has 0 amide bonds. The topological polar surface area (TPSA) is 12.0 Å². The maximum absolute atomic E-state index is 13.0. The lowest BCUT2D eigenvalue weighted by atomic mass is 9.81. The van der Waals surface area contributed by atoms with Gasteiger partial charge in [0.05, 0.1) is 0 Å². The molecule has 1 N–H and O–H groups in total. The molecule has 15 heavy (non-hydrogen) atoms. The zero-order chi connectivity index (χ0) is 10.8. The van der Waals surface area contributed by atoms with Crippen LogP contribution in [0.25, 0.3) is 0 Å². The van der Waals surface area contributed by atoms with Gasteiger partial charge in [0.25, 0.3) is 0 Å². The average Bonchev–Trinajstić information content (AvgIpc) is 2.15. The van der Waals surface area contributed by atoms with Crippen LogP contribution in [0.2, 0.25) is 0 Å². The predicted octanol–water partition coefficient (Wildman–Crippen LogP) is 3.27. The zero-order valence-electron chi connectivity index (χ0n) is 9.33. The Balaban J connectivity index is 1.93. The number of nitrogens with one attached hydrogen (secondary N) is 1. The van der Waals surface area contributed by atoms with Crippen molar-refractivity contribution < 1.29 is 4.39 Å². The van der Waals surface area contributed by atoms with Crippen molar-refractivity contribution in [2.24, 2.45) is 5.92 Å². The van der Waals surface area contributed by atoms with E-state index in [4.69, 9.17) is 0 Å². The summed E-state index contributed by atoms with van der Waals surface area (Å²) in [6.07, 6.45) is 2.50. The first kappa shape index (κ1) is 10.6. The minimum atomic E-state index is -0.150. The van der Waals surface area contributed by atoms with Crippen LogP contribution >= 0.6 is 0 Å². The fraction of sp³-hybridized carbons (Fsp3) is 0.538. The van der Waals surface area contributed by atoms with Gasteiger partial charge >= 0.3 is 0 Å². The van der Waals surface area contributed by atoms with Crippen LogP contribution in [0.1, 0.15) is 38.3 Å². The standard InChI is InChI=1S/C13H18FN/c1-9-6-13(7-9)15-10(2)11-4-3-5-12(14)8-11/h3-5,8-10,13,15H,6-7H2,1-2H3/t9?,10-,13?/m0/s1.